The summed E-state index contributed by atoms with van der Waals surface area (Å²) in [6.45, 7) is 0. The Morgan fingerprint density at radius 1 is 1.06 bits per heavy atom. The van der Waals surface area contributed by atoms with Crippen LogP contribution in [-0.2, 0) is 0 Å². The van der Waals surface area contributed by atoms with Gasteiger partial charge in [0, 0.05) is 35.8 Å². The van der Waals surface area contributed by atoms with Crippen molar-refractivity contribution in [3.05, 3.63) is 51.0 Å². The van der Waals surface area contributed by atoms with Crippen molar-refractivity contribution in [3.63, 3.8) is 0 Å². The minimum absolute atomic E-state index is 0.0629. The summed E-state index contributed by atoms with van der Waals surface area (Å²) in [6, 6.07) is 8.28. The van der Waals surface area contributed by atoms with Gasteiger partial charge in [0.15, 0.2) is 0 Å². The molecule has 96 valence electrons. The maximum atomic E-state index is 6.27. The summed E-state index contributed by atoms with van der Waals surface area (Å²) in [5, 5.41) is 1.94. The second-order valence-corrected chi connectivity index (χ2v) is 5.83. The van der Waals surface area contributed by atoms with Crippen molar-refractivity contribution in [2.24, 2.45) is 0 Å². The van der Waals surface area contributed by atoms with Crippen LogP contribution in [0, 0.1) is 0 Å². The van der Waals surface area contributed by atoms with Crippen molar-refractivity contribution in [3.8, 4) is 0 Å². The molecule has 0 spiro atoms. The Kier molecular flexibility index (Phi) is 4.26. The SMILES string of the molecule is CN(C)c1ccc(C2CC(Cl)=CC(Cl)=C2Cl)cc1. The highest BCUT2D eigenvalue weighted by molar-refractivity contribution is 6.42. The predicted molar refractivity (Wildman–Crippen MR) is 80.8 cm³/mol. The van der Waals surface area contributed by atoms with E-state index in [-0.39, 0.29) is 5.92 Å². The van der Waals surface area contributed by atoms with Crippen LogP contribution in [0.5, 0.6) is 0 Å². The molecule has 0 N–H and O–H groups in total. The maximum absolute atomic E-state index is 6.27. The molecule has 1 atom stereocenters. The van der Waals surface area contributed by atoms with Gasteiger partial charge in [-0.05, 0) is 30.2 Å². The third kappa shape index (κ3) is 2.85. The van der Waals surface area contributed by atoms with Gasteiger partial charge in [0.25, 0.3) is 0 Å². The molecule has 0 heterocycles. The third-order valence-electron chi connectivity index (χ3n) is 3.03. The zero-order chi connectivity index (χ0) is 13.3. The number of hydrogen-bond donors (Lipinski definition) is 0. The number of hydrogen-bond acceptors (Lipinski definition) is 1. The molecule has 0 radical (unpaired) electrons. The van der Waals surface area contributed by atoms with Gasteiger partial charge in [-0.1, -0.05) is 46.9 Å². The first-order valence-corrected chi connectivity index (χ1v) is 6.81. The fraction of sp³-hybridized carbons (Fsp3) is 0.286. The second-order valence-electron chi connectivity index (χ2n) is 4.53. The molecule has 4 heteroatoms. The Bertz CT molecular complexity index is 500. The zero-order valence-electron chi connectivity index (χ0n) is 10.3. The molecule has 0 bridgehead atoms. The smallest absolute Gasteiger partial charge is 0.0569 e. The molecule has 0 saturated heterocycles. The number of anilines is 1. The Morgan fingerprint density at radius 3 is 2.22 bits per heavy atom. The van der Waals surface area contributed by atoms with Gasteiger partial charge < -0.3 is 4.90 Å². The van der Waals surface area contributed by atoms with Gasteiger partial charge in [-0.25, -0.2) is 0 Å². The van der Waals surface area contributed by atoms with E-state index >= 15 is 0 Å². The number of rotatable bonds is 2. The van der Waals surface area contributed by atoms with Crippen molar-refractivity contribution in [1.82, 2.24) is 0 Å². The van der Waals surface area contributed by atoms with E-state index in [0.29, 0.717) is 16.5 Å². The van der Waals surface area contributed by atoms with Gasteiger partial charge in [-0.3, -0.25) is 0 Å². The minimum Gasteiger partial charge on any atom is -0.378 e. The van der Waals surface area contributed by atoms with Gasteiger partial charge in [0.1, 0.15) is 0 Å². The van der Waals surface area contributed by atoms with Crippen molar-refractivity contribution in [2.75, 3.05) is 19.0 Å². The summed E-state index contributed by atoms with van der Waals surface area (Å²) in [5.74, 6) is 0.0629. The van der Waals surface area contributed by atoms with E-state index in [9.17, 15) is 0 Å². The lowest BCUT2D eigenvalue weighted by Gasteiger charge is -2.22. The molecule has 1 unspecified atom stereocenters. The summed E-state index contributed by atoms with van der Waals surface area (Å²) in [5.41, 5.74) is 2.29. The van der Waals surface area contributed by atoms with E-state index in [4.69, 9.17) is 34.8 Å². The zero-order valence-corrected chi connectivity index (χ0v) is 12.5. The van der Waals surface area contributed by atoms with Gasteiger partial charge in [0.2, 0.25) is 0 Å². The number of allylic oxidation sites excluding steroid dienone is 4. The highest BCUT2D eigenvalue weighted by Crippen LogP contribution is 2.41. The Morgan fingerprint density at radius 2 is 1.67 bits per heavy atom. The summed E-state index contributed by atoms with van der Waals surface area (Å²) >= 11 is 18.4. The van der Waals surface area contributed by atoms with Crippen LogP contribution in [0.25, 0.3) is 0 Å². The third-order valence-corrected chi connectivity index (χ3v) is 4.17. The van der Waals surface area contributed by atoms with Crippen LogP contribution < -0.4 is 4.90 Å². The van der Waals surface area contributed by atoms with Crippen LogP contribution in [0.4, 0.5) is 5.69 Å². The molecule has 0 amide bonds. The molecule has 0 aromatic heterocycles. The predicted octanol–water partition coefficient (Wildman–Crippen LogP) is 5.05. The van der Waals surface area contributed by atoms with E-state index < -0.39 is 0 Å². The van der Waals surface area contributed by atoms with Crippen LogP contribution in [0.3, 0.4) is 0 Å². The summed E-state index contributed by atoms with van der Waals surface area (Å²) in [4.78, 5) is 2.06. The monoisotopic (exact) mass is 301 g/mol. The number of halogens is 3. The molecule has 0 fully saturated rings. The highest BCUT2D eigenvalue weighted by Gasteiger charge is 2.23. The van der Waals surface area contributed by atoms with Crippen molar-refractivity contribution in [1.29, 1.82) is 0 Å². The van der Waals surface area contributed by atoms with Gasteiger partial charge >= 0.3 is 0 Å². The van der Waals surface area contributed by atoms with Crippen molar-refractivity contribution < 1.29 is 0 Å². The van der Waals surface area contributed by atoms with E-state index in [1.165, 1.54) is 0 Å². The van der Waals surface area contributed by atoms with Crippen LogP contribution in [0.15, 0.2) is 45.4 Å². The molecule has 1 aromatic carbocycles. The van der Waals surface area contributed by atoms with Gasteiger partial charge in [0.05, 0.1) is 5.03 Å². The van der Waals surface area contributed by atoms with Gasteiger partial charge in [-0.15, -0.1) is 0 Å². The molecule has 2 rings (SSSR count). The lowest BCUT2D eigenvalue weighted by molar-refractivity contribution is 0.823. The van der Waals surface area contributed by atoms with Crippen LogP contribution in [-0.4, -0.2) is 14.1 Å². The van der Waals surface area contributed by atoms with E-state index in [0.717, 1.165) is 16.3 Å². The fourth-order valence-electron chi connectivity index (χ4n) is 1.99. The first-order chi connectivity index (χ1) is 8.49. The largest absolute Gasteiger partial charge is 0.378 e. The first-order valence-electron chi connectivity index (χ1n) is 5.67. The van der Waals surface area contributed by atoms with E-state index in [1.807, 2.05) is 14.1 Å². The maximum Gasteiger partial charge on any atom is 0.0569 e. The fourth-order valence-corrected chi connectivity index (χ4v) is 2.83. The minimum atomic E-state index is 0.0629. The molecule has 0 aliphatic heterocycles. The van der Waals surface area contributed by atoms with E-state index in [1.54, 1.807) is 6.08 Å². The summed E-state index contributed by atoms with van der Waals surface area (Å²) < 4.78 is 0. The van der Waals surface area contributed by atoms with E-state index in [2.05, 4.69) is 29.2 Å². The van der Waals surface area contributed by atoms with Gasteiger partial charge in [-0.2, -0.15) is 0 Å². The Balaban J connectivity index is 2.30. The molecule has 1 aliphatic carbocycles. The lowest BCUT2D eigenvalue weighted by Crippen LogP contribution is -2.09. The first kappa shape index (κ1) is 13.8. The van der Waals surface area contributed by atoms with Crippen LogP contribution in [0.1, 0.15) is 17.9 Å². The number of benzene rings is 1. The number of nitrogens with zero attached hydrogens (tertiary/aromatic N) is 1. The quantitative estimate of drug-likeness (QED) is 0.739. The molecule has 0 saturated carbocycles. The Labute approximate surface area is 123 Å². The Hall–Kier alpha value is -0.630. The molecule has 1 aromatic rings. The van der Waals surface area contributed by atoms with Crippen LogP contribution in [0.2, 0.25) is 0 Å². The summed E-state index contributed by atoms with van der Waals surface area (Å²) in [7, 11) is 4.03. The topological polar surface area (TPSA) is 3.24 Å². The molecule has 1 nitrogen and oxygen atoms in total. The molecular weight excluding hydrogens is 289 g/mol. The molecule has 1 aliphatic rings. The average Bonchev–Trinajstić information content (AvgIpc) is 2.34. The highest BCUT2D eigenvalue weighted by atomic mass is 35.5. The average molecular weight is 303 g/mol. The van der Waals surface area contributed by atoms with Crippen LogP contribution >= 0.6 is 34.8 Å². The van der Waals surface area contributed by atoms with Crippen molar-refractivity contribution >= 4 is 40.5 Å². The summed E-state index contributed by atoms with van der Waals surface area (Å²) in [6.07, 6.45) is 2.42. The molecule has 18 heavy (non-hydrogen) atoms. The second kappa shape index (κ2) is 5.56. The standard InChI is InChI=1S/C14H14Cl3N/c1-18(2)11-5-3-9(4-6-11)12-7-10(15)8-13(16)14(12)17/h3-6,8,12H,7H2,1-2H3. The van der Waals surface area contributed by atoms with Crippen molar-refractivity contribution in [2.45, 2.75) is 12.3 Å². The molecular formula is C14H14Cl3N. The lowest BCUT2D eigenvalue weighted by atomic mass is 9.92. The normalized spacial score (nSPS) is 19.8.